The van der Waals surface area contributed by atoms with E-state index in [0.29, 0.717) is 5.92 Å². The third-order valence-corrected chi connectivity index (χ3v) is 3.58. The maximum Gasteiger partial charge on any atom is 0.118 e. The first kappa shape index (κ1) is 9.45. The van der Waals surface area contributed by atoms with E-state index in [2.05, 4.69) is 5.32 Å². The van der Waals surface area contributed by atoms with E-state index < -0.39 is 6.17 Å². The third-order valence-electron chi connectivity index (χ3n) is 3.58. The number of rotatable bonds is 2. The fourth-order valence-corrected chi connectivity index (χ4v) is 2.75. The summed E-state index contributed by atoms with van der Waals surface area (Å²) in [4.78, 5) is 0. The number of alkyl halides is 1. The Balaban J connectivity index is 1.83. The van der Waals surface area contributed by atoms with Gasteiger partial charge in [0, 0.05) is 6.04 Å². The van der Waals surface area contributed by atoms with Crippen LogP contribution in [0.4, 0.5) is 4.39 Å². The highest BCUT2D eigenvalue weighted by atomic mass is 19.1. The summed E-state index contributed by atoms with van der Waals surface area (Å²) in [6, 6.07) is 0.178. The number of nitrogens with one attached hydrogen (secondary N) is 1. The highest BCUT2D eigenvalue weighted by Crippen LogP contribution is 2.32. The van der Waals surface area contributed by atoms with Crippen molar-refractivity contribution < 1.29 is 4.39 Å². The number of piperidine rings is 1. The molecule has 2 heteroatoms. The predicted octanol–water partition coefficient (Wildman–Crippen LogP) is 2.66. The molecular weight excluding hydrogens is 165 g/mol. The van der Waals surface area contributed by atoms with Crippen LogP contribution < -0.4 is 5.32 Å². The van der Waals surface area contributed by atoms with Crippen molar-refractivity contribution in [2.24, 2.45) is 5.92 Å². The summed E-state index contributed by atoms with van der Waals surface area (Å²) in [5.74, 6) is 0.371. The fraction of sp³-hybridized carbons (Fsp3) is 1.00. The Kier molecular flexibility index (Phi) is 3.20. The van der Waals surface area contributed by atoms with Gasteiger partial charge >= 0.3 is 0 Å². The Labute approximate surface area is 80.1 Å². The van der Waals surface area contributed by atoms with Gasteiger partial charge < -0.3 is 5.32 Å². The second-order valence-electron chi connectivity index (χ2n) is 4.55. The van der Waals surface area contributed by atoms with E-state index >= 15 is 0 Å². The molecule has 0 aromatic heterocycles. The minimum absolute atomic E-state index is 0.178. The minimum Gasteiger partial charge on any atom is -0.311 e. The van der Waals surface area contributed by atoms with Crippen LogP contribution in [0.1, 0.15) is 44.9 Å². The SMILES string of the molecule is FC(C1CCCC1)C1CCCCN1. The molecule has 1 aliphatic heterocycles. The van der Waals surface area contributed by atoms with E-state index in [1.807, 2.05) is 0 Å². The van der Waals surface area contributed by atoms with Crippen LogP contribution in [0, 0.1) is 5.92 Å². The lowest BCUT2D eigenvalue weighted by Gasteiger charge is -2.29. The van der Waals surface area contributed by atoms with Crippen molar-refractivity contribution in [2.45, 2.75) is 57.2 Å². The highest BCUT2D eigenvalue weighted by molar-refractivity contribution is 4.86. The molecule has 76 valence electrons. The molecular formula is C11H20FN. The second kappa shape index (κ2) is 4.41. The largest absolute Gasteiger partial charge is 0.311 e. The summed E-state index contributed by atoms with van der Waals surface area (Å²) in [7, 11) is 0. The van der Waals surface area contributed by atoms with Crippen LogP contribution in [0.25, 0.3) is 0 Å². The highest BCUT2D eigenvalue weighted by Gasteiger charge is 2.31. The Morgan fingerprint density at radius 1 is 1.00 bits per heavy atom. The number of halogens is 1. The van der Waals surface area contributed by atoms with Crippen molar-refractivity contribution in [2.75, 3.05) is 6.54 Å². The zero-order valence-corrected chi connectivity index (χ0v) is 8.27. The molecule has 2 fully saturated rings. The molecule has 1 N–H and O–H groups in total. The molecule has 1 nitrogen and oxygen atoms in total. The fourth-order valence-electron chi connectivity index (χ4n) is 2.75. The monoisotopic (exact) mass is 185 g/mol. The maximum atomic E-state index is 13.9. The van der Waals surface area contributed by atoms with Crippen LogP contribution in [-0.4, -0.2) is 18.8 Å². The molecule has 2 atom stereocenters. The lowest BCUT2D eigenvalue weighted by atomic mass is 9.91. The topological polar surface area (TPSA) is 12.0 Å². The second-order valence-corrected chi connectivity index (χ2v) is 4.55. The van der Waals surface area contributed by atoms with Gasteiger partial charge in [0.2, 0.25) is 0 Å². The lowest BCUT2D eigenvalue weighted by Crippen LogP contribution is -2.43. The molecule has 0 aromatic carbocycles. The van der Waals surface area contributed by atoms with Gasteiger partial charge in [0.05, 0.1) is 0 Å². The molecule has 0 spiro atoms. The van der Waals surface area contributed by atoms with E-state index in [9.17, 15) is 4.39 Å². The average Bonchev–Trinajstić information content (AvgIpc) is 2.71. The van der Waals surface area contributed by atoms with Crippen molar-refractivity contribution >= 4 is 0 Å². The van der Waals surface area contributed by atoms with Crippen molar-refractivity contribution in [3.63, 3.8) is 0 Å². The van der Waals surface area contributed by atoms with Gasteiger partial charge in [-0.25, -0.2) is 4.39 Å². The van der Waals surface area contributed by atoms with Gasteiger partial charge in [0.1, 0.15) is 6.17 Å². The van der Waals surface area contributed by atoms with Crippen molar-refractivity contribution in [3.8, 4) is 0 Å². The smallest absolute Gasteiger partial charge is 0.118 e. The zero-order chi connectivity index (χ0) is 9.10. The lowest BCUT2D eigenvalue weighted by molar-refractivity contribution is 0.152. The van der Waals surface area contributed by atoms with Gasteiger partial charge in [-0.2, -0.15) is 0 Å². The van der Waals surface area contributed by atoms with E-state index in [1.165, 1.54) is 25.7 Å². The summed E-state index contributed by atoms with van der Waals surface area (Å²) in [6.45, 7) is 1.03. The first-order chi connectivity index (χ1) is 6.38. The van der Waals surface area contributed by atoms with E-state index in [-0.39, 0.29) is 6.04 Å². The molecule has 1 aliphatic carbocycles. The van der Waals surface area contributed by atoms with Crippen LogP contribution >= 0.6 is 0 Å². The predicted molar refractivity (Wildman–Crippen MR) is 52.5 cm³/mol. The van der Waals surface area contributed by atoms with Crippen LogP contribution in [-0.2, 0) is 0 Å². The summed E-state index contributed by atoms with van der Waals surface area (Å²) in [5.41, 5.74) is 0. The van der Waals surface area contributed by atoms with Crippen LogP contribution in [0.2, 0.25) is 0 Å². The molecule has 0 aromatic rings. The summed E-state index contributed by atoms with van der Waals surface area (Å²) < 4.78 is 13.9. The molecule has 0 bridgehead atoms. The van der Waals surface area contributed by atoms with E-state index in [0.717, 1.165) is 25.8 Å². The van der Waals surface area contributed by atoms with Gasteiger partial charge in [0.15, 0.2) is 0 Å². The first-order valence-electron chi connectivity index (χ1n) is 5.75. The van der Waals surface area contributed by atoms with Crippen molar-refractivity contribution in [1.82, 2.24) is 5.32 Å². The van der Waals surface area contributed by atoms with Gasteiger partial charge in [-0.05, 0) is 38.1 Å². The number of hydrogen-bond acceptors (Lipinski definition) is 1. The van der Waals surface area contributed by atoms with Crippen LogP contribution in [0.3, 0.4) is 0 Å². The normalized spacial score (nSPS) is 33.5. The average molecular weight is 185 g/mol. The van der Waals surface area contributed by atoms with Gasteiger partial charge in [0.25, 0.3) is 0 Å². The molecule has 1 saturated heterocycles. The molecule has 1 saturated carbocycles. The molecule has 0 radical (unpaired) electrons. The van der Waals surface area contributed by atoms with Crippen molar-refractivity contribution in [1.29, 1.82) is 0 Å². The Bertz CT molecular complexity index is 148. The zero-order valence-electron chi connectivity index (χ0n) is 8.27. The summed E-state index contributed by atoms with van der Waals surface area (Å²) >= 11 is 0. The summed E-state index contributed by atoms with van der Waals surface area (Å²) in [6.07, 6.45) is 7.67. The summed E-state index contributed by atoms with van der Waals surface area (Å²) in [5, 5.41) is 3.32. The van der Waals surface area contributed by atoms with Gasteiger partial charge in [-0.15, -0.1) is 0 Å². The van der Waals surface area contributed by atoms with Crippen LogP contribution in [0.15, 0.2) is 0 Å². The minimum atomic E-state index is -0.567. The van der Waals surface area contributed by atoms with Crippen molar-refractivity contribution in [3.05, 3.63) is 0 Å². The molecule has 2 unspecified atom stereocenters. The molecule has 1 heterocycles. The van der Waals surface area contributed by atoms with Crippen LogP contribution in [0.5, 0.6) is 0 Å². The number of hydrogen-bond donors (Lipinski definition) is 1. The Hall–Kier alpha value is -0.110. The maximum absolute atomic E-state index is 13.9. The van der Waals surface area contributed by atoms with Gasteiger partial charge in [-0.3, -0.25) is 0 Å². The molecule has 13 heavy (non-hydrogen) atoms. The first-order valence-corrected chi connectivity index (χ1v) is 5.75. The van der Waals surface area contributed by atoms with E-state index in [4.69, 9.17) is 0 Å². The van der Waals surface area contributed by atoms with Gasteiger partial charge in [-0.1, -0.05) is 19.3 Å². The Morgan fingerprint density at radius 3 is 2.31 bits per heavy atom. The molecule has 2 rings (SSSR count). The molecule has 2 aliphatic rings. The Morgan fingerprint density at radius 2 is 1.69 bits per heavy atom. The standard InChI is InChI=1S/C11H20FN/c12-11(9-5-1-2-6-9)10-7-3-4-8-13-10/h9-11,13H,1-8H2. The van der Waals surface area contributed by atoms with E-state index in [1.54, 1.807) is 0 Å². The quantitative estimate of drug-likeness (QED) is 0.697. The molecule has 0 amide bonds. The third kappa shape index (κ3) is 2.22.